The summed E-state index contributed by atoms with van der Waals surface area (Å²) in [7, 11) is 0. The lowest BCUT2D eigenvalue weighted by Gasteiger charge is -2.31. The van der Waals surface area contributed by atoms with Crippen molar-refractivity contribution in [2.45, 2.75) is 12.3 Å². The fourth-order valence-corrected chi connectivity index (χ4v) is 7.91. The minimum atomic E-state index is -0.282. The number of benzene rings is 8. The molecule has 0 spiro atoms. The van der Waals surface area contributed by atoms with Crippen molar-refractivity contribution in [3.8, 4) is 33.4 Å². The molecule has 0 heterocycles. The van der Waals surface area contributed by atoms with Gasteiger partial charge in [0.1, 0.15) is 0 Å². The normalized spacial score (nSPS) is 14.7. The predicted molar refractivity (Wildman–Crippen MR) is 207 cm³/mol. The Morgan fingerprint density at radius 1 is 0.408 bits per heavy atom. The number of hydrogen-bond acceptors (Lipinski definition) is 1. The molecule has 0 aromatic heterocycles. The zero-order valence-corrected chi connectivity index (χ0v) is 27.4. The van der Waals surface area contributed by atoms with Crippen molar-refractivity contribution in [2.75, 3.05) is 4.90 Å². The summed E-state index contributed by atoms with van der Waals surface area (Å²) in [4.78, 5) is 2.48. The third kappa shape index (κ3) is 4.78. The molecule has 1 aliphatic carbocycles. The lowest BCUT2D eigenvalue weighted by molar-refractivity contribution is 0.714. The molecule has 0 saturated heterocycles. The van der Waals surface area contributed by atoms with E-state index in [9.17, 15) is 0 Å². The number of fused-ring (bicyclic) bond motifs is 4. The first-order valence-corrected chi connectivity index (χ1v) is 17.0. The Hall–Kier alpha value is -6.18. The Bertz CT molecular complexity index is 2440. The largest absolute Gasteiger partial charge is 0.309 e. The molecule has 1 nitrogen and oxygen atoms in total. The molecule has 1 heteroatoms. The molecule has 1 aliphatic rings. The van der Waals surface area contributed by atoms with E-state index in [2.05, 4.69) is 206 Å². The van der Waals surface area contributed by atoms with Crippen LogP contribution in [0.25, 0.3) is 44.2 Å². The SMILES string of the molecule is CC1(c2ccccc2)c2ccccc2-c2c(N(c3cccc(-c4ccc(-c5ccccc5)cc4)c3)c3cccc4ccccc34)cccc21. The number of anilines is 3. The fourth-order valence-electron chi connectivity index (χ4n) is 7.91. The number of rotatable bonds is 6. The van der Waals surface area contributed by atoms with Gasteiger partial charge in [-0.15, -0.1) is 0 Å². The summed E-state index contributed by atoms with van der Waals surface area (Å²) in [5.74, 6) is 0. The molecule has 8 aromatic rings. The zero-order chi connectivity index (χ0) is 32.8. The van der Waals surface area contributed by atoms with E-state index < -0.39 is 0 Å². The third-order valence-electron chi connectivity index (χ3n) is 10.3. The van der Waals surface area contributed by atoms with Gasteiger partial charge in [-0.2, -0.15) is 0 Å². The van der Waals surface area contributed by atoms with Crippen LogP contribution in [0.15, 0.2) is 194 Å². The fraction of sp³-hybridized carbons (Fsp3) is 0.0417. The van der Waals surface area contributed by atoms with Gasteiger partial charge in [0.2, 0.25) is 0 Å². The second-order valence-corrected chi connectivity index (χ2v) is 13.1. The smallest absolute Gasteiger partial charge is 0.0543 e. The molecule has 9 rings (SSSR count). The van der Waals surface area contributed by atoms with E-state index in [1.165, 1.54) is 66.5 Å². The quantitative estimate of drug-likeness (QED) is 0.178. The first-order chi connectivity index (χ1) is 24.2. The van der Waals surface area contributed by atoms with Gasteiger partial charge in [0.15, 0.2) is 0 Å². The number of nitrogens with zero attached hydrogens (tertiary/aromatic N) is 1. The molecule has 49 heavy (non-hydrogen) atoms. The first kappa shape index (κ1) is 29.0. The Morgan fingerprint density at radius 3 is 1.78 bits per heavy atom. The molecule has 0 bridgehead atoms. The molecule has 0 N–H and O–H groups in total. The summed E-state index contributed by atoms with van der Waals surface area (Å²) < 4.78 is 0. The van der Waals surface area contributed by atoms with E-state index in [-0.39, 0.29) is 5.41 Å². The van der Waals surface area contributed by atoms with Crippen molar-refractivity contribution in [1.82, 2.24) is 0 Å². The van der Waals surface area contributed by atoms with Crippen LogP contribution in [0.4, 0.5) is 17.1 Å². The lowest BCUT2D eigenvalue weighted by Crippen LogP contribution is -2.22. The van der Waals surface area contributed by atoms with Gasteiger partial charge in [0.25, 0.3) is 0 Å². The summed E-state index contributed by atoms with van der Waals surface area (Å²) in [5, 5.41) is 2.44. The number of hydrogen-bond donors (Lipinski definition) is 0. The van der Waals surface area contributed by atoms with Crippen LogP contribution in [-0.4, -0.2) is 0 Å². The van der Waals surface area contributed by atoms with Crippen molar-refractivity contribution in [1.29, 1.82) is 0 Å². The second-order valence-electron chi connectivity index (χ2n) is 13.1. The van der Waals surface area contributed by atoms with Crippen LogP contribution >= 0.6 is 0 Å². The van der Waals surface area contributed by atoms with Gasteiger partial charge in [0, 0.05) is 22.1 Å². The van der Waals surface area contributed by atoms with E-state index in [0.717, 1.165) is 11.4 Å². The predicted octanol–water partition coefficient (Wildman–Crippen LogP) is 13.0. The maximum absolute atomic E-state index is 2.48. The van der Waals surface area contributed by atoms with Crippen molar-refractivity contribution in [3.63, 3.8) is 0 Å². The van der Waals surface area contributed by atoms with E-state index >= 15 is 0 Å². The van der Waals surface area contributed by atoms with Gasteiger partial charge in [-0.05, 0) is 81.1 Å². The Labute approximate surface area is 288 Å². The molecule has 0 fully saturated rings. The van der Waals surface area contributed by atoms with Crippen LogP contribution < -0.4 is 4.90 Å². The van der Waals surface area contributed by atoms with Crippen molar-refractivity contribution >= 4 is 27.8 Å². The molecule has 232 valence electrons. The highest BCUT2D eigenvalue weighted by Crippen LogP contribution is 2.57. The van der Waals surface area contributed by atoms with Crippen LogP contribution in [0.3, 0.4) is 0 Å². The molecule has 8 aromatic carbocycles. The van der Waals surface area contributed by atoms with Gasteiger partial charge >= 0.3 is 0 Å². The summed E-state index contributed by atoms with van der Waals surface area (Å²) in [6.07, 6.45) is 0. The molecule has 0 aliphatic heterocycles. The zero-order valence-electron chi connectivity index (χ0n) is 27.4. The van der Waals surface area contributed by atoms with E-state index in [4.69, 9.17) is 0 Å². The van der Waals surface area contributed by atoms with Crippen LogP contribution in [0.5, 0.6) is 0 Å². The topological polar surface area (TPSA) is 3.24 Å². The highest BCUT2D eigenvalue weighted by atomic mass is 15.1. The molecule has 0 radical (unpaired) electrons. The van der Waals surface area contributed by atoms with Crippen LogP contribution in [-0.2, 0) is 5.41 Å². The lowest BCUT2D eigenvalue weighted by atomic mass is 9.74. The summed E-state index contributed by atoms with van der Waals surface area (Å²) in [6, 6.07) is 70.7. The summed E-state index contributed by atoms with van der Waals surface area (Å²) in [6.45, 7) is 2.39. The molecular weight excluding hydrogens is 591 g/mol. The Balaban J connectivity index is 1.26. The molecular formula is C48H35N. The van der Waals surface area contributed by atoms with Crippen LogP contribution in [0, 0.1) is 0 Å². The van der Waals surface area contributed by atoms with Gasteiger partial charge in [-0.25, -0.2) is 0 Å². The summed E-state index contributed by atoms with van der Waals surface area (Å²) in [5.41, 5.74) is 14.6. The first-order valence-electron chi connectivity index (χ1n) is 17.0. The maximum atomic E-state index is 2.48. The highest BCUT2D eigenvalue weighted by Gasteiger charge is 2.42. The monoisotopic (exact) mass is 625 g/mol. The Kier molecular flexibility index (Phi) is 6.99. The van der Waals surface area contributed by atoms with E-state index in [0.29, 0.717) is 0 Å². The standard InChI is InChI=1S/C48H35N/c1-48(39-20-6-3-7-21-39)43-25-11-10-24-42(43)47-44(48)26-14-28-46(47)49(45-27-13-18-37-17-8-9-23-41(37)45)40-22-12-19-38(33-40)36-31-29-35(30-32-36)34-15-4-2-5-16-34/h2-33H,1H3. The van der Waals surface area contributed by atoms with Crippen LogP contribution in [0.2, 0.25) is 0 Å². The highest BCUT2D eigenvalue weighted by molar-refractivity contribution is 6.03. The van der Waals surface area contributed by atoms with Crippen LogP contribution in [0.1, 0.15) is 23.6 Å². The van der Waals surface area contributed by atoms with E-state index in [1.54, 1.807) is 0 Å². The molecule has 0 saturated carbocycles. The maximum Gasteiger partial charge on any atom is 0.0543 e. The van der Waals surface area contributed by atoms with Gasteiger partial charge < -0.3 is 4.90 Å². The Morgan fingerprint density at radius 2 is 0.959 bits per heavy atom. The minimum Gasteiger partial charge on any atom is -0.309 e. The second kappa shape index (κ2) is 11.8. The van der Waals surface area contributed by atoms with Gasteiger partial charge in [-0.3, -0.25) is 0 Å². The summed E-state index contributed by atoms with van der Waals surface area (Å²) >= 11 is 0. The van der Waals surface area contributed by atoms with Crippen molar-refractivity contribution in [3.05, 3.63) is 211 Å². The average molecular weight is 626 g/mol. The minimum absolute atomic E-state index is 0.282. The van der Waals surface area contributed by atoms with Crippen molar-refractivity contribution < 1.29 is 0 Å². The average Bonchev–Trinajstić information content (AvgIpc) is 3.45. The molecule has 1 unspecified atom stereocenters. The van der Waals surface area contributed by atoms with Gasteiger partial charge in [-0.1, -0.05) is 170 Å². The van der Waals surface area contributed by atoms with Gasteiger partial charge in [0.05, 0.1) is 11.4 Å². The van der Waals surface area contributed by atoms with Crippen molar-refractivity contribution in [2.24, 2.45) is 0 Å². The van der Waals surface area contributed by atoms with E-state index in [1.807, 2.05) is 0 Å². The molecule has 0 amide bonds. The third-order valence-corrected chi connectivity index (χ3v) is 10.3. The molecule has 1 atom stereocenters.